The highest BCUT2D eigenvalue weighted by Gasteiger charge is 2.15. The van der Waals surface area contributed by atoms with Gasteiger partial charge in [0.1, 0.15) is 11.8 Å². The van der Waals surface area contributed by atoms with E-state index < -0.39 is 5.97 Å². The van der Waals surface area contributed by atoms with E-state index >= 15 is 0 Å². The molecule has 0 fully saturated rings. The van der Waals surface area contributed by atoms with Crippen LogP contribution in [0, 0.1) is 0 Å². The van der Waals surface area contributed by atoms with Gasteiger partial charge in [-0.05, 0) is 45.3 Å². The second kappa shape index (κ2) is 6.60. The van der Waals surface area contributed by atoms with Gasteiger partial charge in [0, 0.05) is 17.0 Å². The zero-order valence-electron chi connectivity index (χ0n) is 12.1. The van der Waals surface area contributed by atoms with Crippen molar-refractivity contribution < 1.29 is 9.53 Å². The number of carbonyl (C=O) groups is 1. The Balaban J connectivity index is 2.24. The minimum absolute atomic E-state index is 0.215. The number of esters is 1. The molecule has 1 unspecified atom stereocenters. The van der Waals surface area contributed by atoms with Crippen molar-refractivity contribution in [3.63, 3.8) is 0 Å². The molecule has 1 atom stereocenters. The third-order valence-corrected chi connectivity index (χ3v) is 3.39. The number of rotatable bonds is 4. The zero-order chi connectivity index (χ0) is 15.6. The van der Waals surface area contributed by atoms with Crippen molar-refractivity contribution in [1.82, 2.24) is 9.88 Å². The third kappa shape index (κ3) is 4.06. The Morgan fingerprint density at radius 1 is 1.33 bits per heavy atom. The molecule has 0 radical (unpaired) electrons. The summed E-state index contributed by atoms with van der Waals surface area (Å²) in [5.41, 5.74) is 0.814. The Morgan fingerprint density at radius 2 is 2.05 bits per heavy atom. The fraction of sp³-hybridized carbons (Fsp3) is 0.333. The van der Waals surface area contributed by atoms with Crippen LogP contribution in [0.1, 0.15) is 17.4 Å². The molecule has 0 N–H and O–H groups in total. The normalized spacial score (nSPS) is 12.7. The van der Waals surface area contributed by atoms with Crippen LogP contribution in [0.15, 0.2) is 24.3 Å². The predicted molar refractivity (Wildman–Crippen MR) is 85.2 cm³/mol. The number of nitrogens with zero attached hydrogens (tertiary/aromatic N) is 2. The van der Waals surface area contributed by atoms with Gasteiger partial charge in [0.25, 0.3) is 0 Å². The standard InChI is InChI=1S/C15H16Cl2N2O2/c1-9(8-19(2)3)21-15(20)13-5-4-11-12(17)6-10(16)7-14(11)18-13/h4-7,9H,8H2,1-3H3. The second-order valence-corrected chi connectivity index (χ2v) is 5.97. The molecular weight excluding hydrogens is 311 g/mol. The lowest BCUT2D eigenvalue weighted by atomic mass is 10.2. The summed E-state index contributed by atoms with van der Waals surface area (Å²) in [5, 5.41) is 1.73. The number of carbonyl (C=O) groups excluding carboxylic acids is 1. The van der Waals surface area contributed by atoms with Gasteiger partial charge < -0.3 is 9.64 Å². The zero-order valence-corrected chi connectivity index (χ0v) is 13.6. The molecule has 1 heterocycles. The van der Waals surface area contributed by atoms with Crippen LogP contribution in [-0.4, -0.2) is 42.6 Å². The summed E-state index contributed by atoms with van der Waals surface area (Å²) < 4.78 is 5.35. The Morgan fingerprint density at radius 3 is 2.71 bits per heavy atom. The average Bonchev–Trinajstić information content (AvgIpc) is 2.36. The molecule has 1 aromatic heterocycles. The molecule has 0 spiro atoms. The number of fused-ring (bicyclic) bond motifs is 1. The molecule has 0 amide bonds. The summed E-state index contributed by atoms with van der Waals surface area (Å²) in [7, 11) is 3.84. The number of halogens is 2. The van der Waals surface area contributed by atoms with Crippen molar-refractivity contribution in [2.24, 2.45) is 0 Å². The minimum atomic E-state index is -0.456. The van der Waals surface area contributed by atoms with Gasteiger partial charge >= 0.3 is 5.97 Å². The van der Waals surface area contributed by atoms with Crippen molar-refractivity contribution in [1.29, 1.82) is 0 Å². The van der Waals surface area contributed by atoms with Crippen molar-refractivity contribution in [2.75, 3.05) is 20.6 Å². The molecule has 2 rings (SSSR count). The molecule has 0 saturated carbocycles. The van der Waals surface area contributed by atoms with Gasteiger partial charge in [0.05, 0.1) is 10.5 Å². The number of benzene rings is 1. The average molecular weight is 327 g/mol. The van der Waals surface area contributed by atoms with Crippen LogP contribution in [0.25, 0.3) is 10.9 Å². The molecule has 0 saturated heterocycles. The van der Waals surface area contributed by atoms with E-state index in [4.69, 9.17) is 27.9 Å². The van der Waals surface area contributed by atoms with E-state index in [-0.39, 0.29) is 11.8 Å². The number of ether oxygens (including phenoxy) is 1. The molecule has 1 aromatic carbocycles. The van der Waals surface area contributed by atoms with Gasteiger partial charge in [0.15, 0.2) is 0 Å². The second-order valence-electron chi connectivity index (χ2n) is 5.13. The van der Waals surface area contributed by atoms with Crippen LogP contribution in [0.2, 0.25) is 10.0 Å². The molecule has 6 heteroatoms. The highest BCUT2D eigenvalue weighted by atomic mass is 35.5. The summed E-state index contributed by atoms with van der Waals surface area (Å²) in [4.78, 5) is 18.3. The van der Waals surface area contributed by atoms with Crippen molar-refractivity contribution >= 4 is 40.1 Å². The summed E-state index contributed by atoms with van der Waals surface area (Å²) in [6.07, 6.45) is -0.215. The molecule has 4 nitrogen and oxygen atoms in total. The molecule has 2 aromatic rings. The SMILES string of the molecule is CC(CN(C)C)OC(=O)c1ccc2c(Cl)cc(Cl)cc2n1. The number of hydrogen-bond acceptors (Lipinski definition) is 4. The number of pyridine rings is 1. The summed E-state index contributed by atoms with van der Waals surface area (Å²) >= 11 is 12.0. The number of likely N-dealkylation sites (N-methyl/N-ethyl adjacent to an activating group) is 1. The van der Waals surface area contributed by atoms with Crippen molar-refractivity contribution in [3.05, 3.63) is 40.0 Å². The van der Waals surface area contributed by atoms with Gasteiger partial charge in [-0.1, -0.05) is 23.2 Å². The highest BCUT2D eigenvalue weighted by Crippen LogP contribution is 2.27. The minimum Gasteiger partial charge on any atom is -0.457 e. The summed E-state index contributed by atoms with van der Waals surface area (Å²) in [6.45, 7) is 2.49. The molecule has 0 aliphatic heterocycles. The van der Waals surface area contributed by atoms with Gasteiger partial charge in [0.2, 0.25) is 0 Å². The first-order valence-corrected chi connectivity index (χ1v) is 7.24. The Hall–Kier alpha value is -1.36. The maximum atomic E-state index is 12.1. The maximum absolute atomic E-state index is 12.1. The Kier molecular flexibility index (Phi) is 5.04. The van der Waals surface area contributed by atoms with Crippen molar-refractivity contribution in [3.8, 4) is 0 Å². The first-order valence-electron chi connectivity index (χ1n) is 6.48. The first-order chi connectivity index (χ1) is 9.86. The quantitative estimate of drug-likeness (QED) is 0.804. The van der Waals surface area contributed by atoms with E-state index in [1.54, 1.807) is 24.3 Å². The molecule has 112 valence electrons. The van der Waals surface area contributed by atoms with E-state index in [0.717, 1.165) is 5.39 Å². The Labute approximate surface area is 133 Å². The van der Waals surface area contributed by atoms with Crippen LogP contribution in [-0.2, 0) is 4.74 Å². The van der Waals surface area contributed by atoms with E-state index in [1.807, 2.05) is 25.9 Å². The van der Waals surface area contributed by atoms with Crippen LogP contribution in [0.3, 0.4) is 0 Å². The topological polar surface area (TPSA) is 42.4 Å². The molecule has 0 aliphatic carbocycles. The monoisotopic (exact) mass is 326 g/mol. The fourth-order valence-electron chi connectivity index (χ4n) is 2.07. The fourth-order valence-corrected chi connectivity index (χ4v) is 2.61. The first kappa shape index (κ1) is 16.0. The molecular formula is C15H16Cl2N2O2. The van der Waals surface area contributed by atoms with Crippen LogP contribution in [0.4, 0.5) is 0 Å². The highest BCUT2D eigenvalue weighted by molar-refractivity contribution is 6.38. The lowest BCUT2D eigenvalue weighted by Gasteiger charge is -2.17. The van der Waals surface area contributed by atoms with E-state index in [9.17, 15) is 4.79 Å². The third-order valence-electron chi connectivity index (χ3n) is 2.86. The van der Waals surface area contributed by atoms with Gasteiger partial charge in [-0.25, -0.2) is 9.78 Å². The predicted octanol–water partition coefficient (Wildman–Crippen LogP) is 3.65. The van der Waals surface area contributed by atoms with Crippen molar-refractivity contribution in [2.45, 2.75) is 13.0 Å². The van der Waals surface area contributed by atoms with Crippen LogP contribution < -0.4 is 0 Å². The largest absolute Gasteiger partial charge is 0.457 e. The lowest BCUT2D eigenvalue weighted by molar-refractivity contribution is 0.0283. The van der Waals surface area contributed by atoms with Gasteiger partial charge in [-0.2, -0.15) is 0 Å². The van der Waals surface area contributed by atoms with Gasteiger partial charge in [-0.15, -0.1) is 0 Å². The molecule has 0 bridgehead atoms. The number of hydrogen-bond donors (Lipinski definition) is 0. The summed E-state index contributed by atoms with van der Waals surface area (Å²) in [6, 6.07) is 6.66. The Bertz CT molecular complexity index is 674. The number of aromatic nitrogens is 1. The van der Waals surface area contributed by atoms with Gasteiger partial charge in [-0.3, -0.25) is 0 Å². The van der Waals surface area contributed by atoms with Crippen LogP contribution >= 0.6 is 23.2 Å². The summed E-state index contributed by atoms with van der Waals surface area (Å²) in [5.74, 6) is -0.456. The molecule has 21 heavy (non-hydrogen) atoms. The van der Waals surface area contributed by atoms with E-state index in [2.05, 4.69) is 4.98 Å². The van der Waals surface area contributed by atoms with E-state index in [0.29, 0.717) is 22.1 Å². The lowest BCUT2D eigenvalue weighted by Crippen LogP contribution is -2.28. The smallest absolute Gasteiger partial charge is 0.357 e. The van der Waals surface area contributed by atoms with Crippen LogP contribution in [0.5, 0.6) is 0 Å². The van der Waals surface area contributed by atoms with E-state index in [1.165, 1.54) is 0 Å². The molecule has 0 aliphatic rings. The maximum Gasteiger partial charge on any atom is 0.357 e.